The summed E-state index contributed by atoms with van der Waals surface area (Å²) in [6.45, 7) is 3.28. The van der Waals surface area contributed by atoms with Gasteiger partial charge in [-0.2, -0.15) is 0 Å². The van der Waals surface area contributed by atoms with Gasteiger partial charge in [0, 0.05) is 11.5 Å². The number of Topliss-reactive ketones (excluding diaryl/α,β-unsaturated/α-hetero) is 2. The van der Waals surface area contributed by atoms with Gasteiger partial charge in [0.05, 0.1) is 41.0 Å². The molecule has 1 saturated carbocycles. The second kappa shape index (κ2) is 10.1. The minimum atomic E-state index is -1.37. The Morgan fingerprint density at radius 1 is 0.833 bits per heavy atom. The number of rotatable bonds is 8. The predicted octanol–water partition coefficient (Wildman–Crippen LogP) is 1.70. The first-order valence-corrected chi connectivity index (χ1v) is 9.53. The molecule has 1 fully saturated rings. The van der Waals surface area contributed by atoms with Gasteiger partial charge in [-0.1, -0.05) is 6.07 Å². The lowest BCUT2D eigenvalue weighted by Gasteiger charge is -2.34. The van der Waals surface area contributed by atoms with Crippen molar-refractivity contribution in [2.75, 3.05) is 34.5 Å². The normalized spacial score (nSPS) is 19.2. The van der Waals surface area contributed by atoms with Gasteiger partial charge in [-0.25, -0.2) is 0 Å². The van der Waals surface area contributed by atoms with Crippen molar-refractivity contribution in [2.24, 2.45) is 11.8 Å². The van der Waals surface area contributed by atoms with Crippen molar-refractivity contribution < 1.29 is 42.9 Å². The third-order valence-electron chi connectivity index (χ3n) is 4.94. The van der Waals surface area contributed by atoms with Gasteiger partial charge in [-0.15, -0.1) is 0 Å². The summed E-state index contributed by atoms with van der Waals surface area (Å²) in [5, 5.41) is 0. The molecule has 2 atom stereocenters. The van der Waals surface area contributed by atoms with Crippen LogP contribution >= 0.6 is 0 Å². The topological polar surface area (TPSA) is 114 Å². The number of benzene rings is 1. The molecule has 0 saturated heterocycles. The zero-order chi connectivity index (χ0) is 22.4. The van der Waals surface area contributed by atoms with Crippen LogP contribution in [0.5, 0.6) is 17.2 Å². The summed E-state index contributed by atoms with van der Waals surface area (Å²) < 4.78 is 26.3. The fraction of sp³-hybridized carbons (Fsp3) is 0.524. The molecule has 9 heteroatoms. The lowest BCUT2D eigenvalue weighted by molar-refractivity contribution is -0.161. The van der Waals surface area contributed by atoms with Gasteiger partial charge in [-0.3, -0.25) is 19.2 Å². The van der Waals surface area contributed by atoms with Crippen molar-refractivity contribution in [2.45, 2.75) is 26.2 Å². The Hall–Kier alpha value is -3.10. The maximum Gasteiger partial charge on any atom is 0.317 e. The number of esters is 2. The van der Waals surface area contributed by atoms with Crippen molar-refractivity contribution in [3.63, 3.8) is 0 Å². The van der Waals surface area contributed by atoms with Gasteiger partial charge in [-0.05, 0) is 19.9 Å². The van der Waals surface area contributed by atoms with Gasteiger partial charge in [0.25, 0.3) is 0 Å². The van der Waals surface area contributed by atoms with E-state index in [9.17, 15) is 19.2 Å². The average Bonchev–Trinajstić information content (AvgIpc) is 2.71. The summed E-state index contributed by atoms with van der Waals surface area (Å²) in [5.74, 6) is -6.10. The molecule has 30 heavy (non-hydrogen) atoms. The first-order valence-electron chi connectivity index (χ1n) is 9.53. The first kappa shape index (κ1) is 23.2. The van der Waals surface area contributed by atoms with E-state index in [0.717, 1.165) is 0 Å². The van der Waals surface area contributed by atoms with Crippen LogP contribution in [0.25, 0.3) is 0 Å². The van der Waals surface area contributed by atoms with Crippen LogP contribution in [0.2, 0.25) is 0 Å². The Balaban J connectivity index is 2.76. The van der Waals surface area contributed by atoms with Crippen LogP contribution in [-0.4, -0.2) is 58.0 Å². The van der Waals surface area contributed by atoms with Crippen LogP contribution in [-0.2, 0) is 28.7 Å². The van der Waals surface area contributed by atoms with E-state index in [1.165, 1.54) is 27.4 Å². The second-order valence-electron chi connectivity index (χ2n) is 6.52. The Kier molecular flexibility index (Phi) is 7.79. The lowest BCUT2D eigenvalue weighted by atomic mass is 9.67. The summed E-state index contributed by atoms with van der Waals surface area (Å²) in [7, 11) is 4.20. The standard InChI is InChI=1S/C21H26O9/c1-6-29-20(24)16-12(22)10-13(23)17(21(25)30-7-2)15(16)11-8-9-14(26-3)19(28-5)18(11)27-4/h8-9,15-17H,6-7,10H2,1-5H3/t16-,17-/m1/s1. The summed E-state index contributed by atoms with van der Waals surface area (Å²) >= 11 is 0. The van der Waals surface area contributed by atoms with E-state index in [4.69, 9.17) is 23.7 Å². The zero-order valence-electron chi connectivity index (χ0n) is 17.7. The molecule has 0 radical (unpaired) electrons. The molecule has 0 heterocycles. The van der Waals surface area contributed by atoms with Gasteiger partial charge in [0.2, 0.25) is 5.75 Å². The fourth-order valence-electron chi connectivity index (χ4n) is 3.75. The molecule has 1 aliphatic rings. The Bertz CT molecular complexity index is 794. The number of hydrogen-bond donors (Lipinski definition) is 0. The van der Waals surface area contributed by atoms with Crippen LogP contribution in [0.3, 0.4) is 0 Å². The van der Waals surface area contributed by atoms with Gasteiger partial charge < -0.3 is 23.7 Å². The van der Waals surface area contributed by atoms with Crippen LogP contribution in [0.15, 0.2) is 12.1 Å². The molecule has 0 bridgehead atoms. The lowest BCUT2D eigenvalue weighted by Crippen LogP contribution is -2.47. The van der Waals surface area contributed by atoms with E-state index in [2.05, 4.69) is 0 Å². The smallest absolute Gasteiger partial charge is 0.317 e. The molecule has 0 aliphatic heterocycles. The van der Waals surface area contributed by atoms with Crippen molar-refractivity contribution in [1.82, 2.24) is 0 Å². The van der Waals surface area contributed by atoms with E-state index in [1.807, 2.05) is 0 Å². The Morgan fingerprint density at radius 2 is 1.33 bits per heavy atom. The van der Waals surface area contributed by atoms with Gasteiger partial charge in [0.15, 0.2) is 23.1 Å². The van der Waals surface area contributed by atoms with Gasteiger partial charge in [0.1, 0.15) is 11.8 Å². The molecule has 2 rings (SSSR count). The fourth-order valence-corrected chi connectivity index (χ4v) is 3.75. The molecule has 0 unspecified atom stereocenters. The van der Waals surface area contributed by atoms with Crippen molar-refractivity contribution >= 4 is 23.5 Å². The van der Waals surface area contributed by atoms with Crippen LogP contribution in [0.1, 0.15) is 31.7 Å². The number of methoxy groups -OCH3 is 3. The molecule has 1 aromatic carbocycles. The highest BCUT2D eigenvalue weighted by molar-refractivity contribution is 6.17. The largest absolute Gasteiger partial charge is 0.493 e. The van der Waals surface area contributed by atoms with E-state index in [1.54, 1.807) is 19.9 Å². The molecule has 0 N–H and O–H groups in total. The van der Waals surface area contributed by atoms with E-state index < -0.39 is 47.7 Å². The van der Waals surface area contributed by atoms with Crippen LogP contribution in [0, 0.1) is 11.8 Å². The Labute approximate surface area is 174 Å². The molecule has 1 aromatic rings. The quantitative estimate of drug-likeness (QED) is 0.456. The van der Waals surface area contributed by atoms with Crippen molar-refractivity contribution in [3.8, 4) is 17.2 Å². The molecular weight excluding hydrogens is 396 g/mol. The van der Waals surface area contributed by atoms with Crippen LogP contribution in [0.4, 0.5) is 0 Å². The number of hydrogen-bond acceptors (Lipinski definition) is 9. The third-order valence-corrected chi connectivity index (χ3v) is 4.94. The summed E-state index contributed by atoms with van der Waals surface area (Å²) in [4.78, 5) is 50.9. The summed E-state index contributed by atoms with van der Waals surface area (Å²) in [6, 6.07) is 3.08. The molecule has 0 spiro atoms. The minimum absolute atomic E-state index is 0.0381. The maximum atomic E-state index is 12.7. The average molecular weight is 422 g/mol. The highest BCUT2D eigenvalue weighted by atomic mass is 16.5. The number of carbonyl (C=O) groups is 4. The highest BCUT2D eigenvalue weighted by Crippen LogP contribution is 2.49. The zero-order valence-corrected chi connectivity index (χ0v) is 17.7. The van der Waals surface area contributed by atoms with Crippen LogP contribution < -0.4 is 14.2 Å². The molecule has 0 amide bonds. The van der Waals surface area contributed by atoms with Crippen molar-refractivity contribution in [1.29, 1.82) is 0 Å². The maximum absolute atomic E-state index is 12.7. The third kappa shape index (κ3) is 4.24. The molecule has 9 nitrogen and oxygen atoms in total. The minimum Gasteiger partial charge on any atom is -0.493 e. The first-order chi connectivity index (χ1) is 14.4. The molecule has 1 aliphatic carbocycles. The second-order valence-corrected chi connectivity index (χ2v) is 6.52. The van der Waals surface area contributed by atoms with E-state index in [-0.39, 0.29) is 30.3 Å². The number of carbonyl (C=O) groups excluding carboxylic acids is 4. The number of ether oxygens (including phenoxy) is 5. The van der Waals surface area contributed by atoms with E-state index in [0.29, 0.717) is 5.75 Å². The summed E-state index contributed by atoms with van der Waals surface area (Å²) in [5.41, 5.74) is 0.271. The monoisotopic (exact) mass is 422 g/mol. The molecule has 0 aromatic heterocycles. The number of ketones is 2. The SMILES string of the molecule is CCOC(=O)[C@@H]1C(=O)CC(=O)[C@@H](C(=O)OCC)C1c1ccc(OC)c(OC)c1OC. The Morgan fingerprint density at radius 3 is 1.73 bits per heavy atom. The van der Waals surface area contributed by atoms with Gasteiger partial charge >= 0.3 is 11.9 Å². The summed E-state index contributed by atoms with van der Waals surface area (Å²) in [6.07, 6.45) is -0.556. The molecule has 164 valence electrons. The van der Waals surface area contributed by atoms with E-state index >= 15 is 0 Å². The predicted molar refractivity (Wildman–Crippen MR) is 104 cm³/mol. The van der Waals surface area contributed by atoms with Crippen molar-refractivity contribution in [3.05, 3.63) is 17.7 Å². The highest BCUT2D eigenvalue weighted by Gasteiger charge is 2.53. The molecular formula is C21H26O9.